The predicted molar refractivity (Wildman–Crippen MR) is 128 cm³/mol. The van der Waals surface area contributed by atoms with Crippen LogP contribution >= 0.6 is 0 Å². The van der Waals surface area contributed by atoms with Crippen molar-refractivity contribution in [3.05, 3.63) is 24.0 Å². The molecule has 0 N–H and O–H groups in total. The van der Waals surface area contributed by atoms with Crippen LogP contribution in [0.15, 0.2) is 18.3 Å². The summed E-state index contributed by atoms with van der Waals surface area (Å²) in [4.78, 5) is 31.6. The van der Waals surface area contributed by atoms with E-state index in [9.17, 15) is 9.59 Å². The van der Waals surface area contributed by atoms with Crippen LogP contribution < -0.4 is 0 Å². The smallest absolute Gasteiger partial charge is 0.242 e. The van der Waals surface area contributed by atoms with Gasteiger partial charge in [-0.25, -0.2) is 0 Å². The molecule has 178 valence electrons. The molecule has 1 aromatic heterocycles. The van der Waals surface area contributed by atoms with Gasteiger partial charge in [0.1, 0.15) is 6.54 Å². The Labute approximate surface area is 194 Å². The number of carbonyl (C=O) groups excluding carboxylic acids is 2. The average molecular weight is 442 g/mol. The first-order chi connectivity index (χ1) is 15.3. The van der Waals surface area contributed by atoms with Crippen molar-refractivity contribution in [2.75, 3.05) is 13.1 Å². The lowest BCUT2D eigenvalue weighted by Gasteiger charge is -2.57. The Hall–Kier alpha value is -1.78. The number of aryl methyl sites for hydroxylation is 1. The number of carbonyl (C=O) groups is 2. The number of aromatic nitrogens is 1. The molecular weight excluding hydrogens is 398 g/mol. The van der Waals surface area contributed by atoms with Gasteiger partial charge in [0.25, 0.3) is 0 Å². The number of hydrogen-bond acceptors (Lipinski definition) is 2. The van der Waals surface area contributed by atoms with E-state index < -0.39 is 0 Å². The third-order valence-corrected chi connectivity index (χ3v) is 8.72. The van der Waals surface area contributed by atoms with E-state index in [1.54, 1.807) is 0 Å². The van der Waals surface area contributed by atoms with Gasteiger partial charge in [0.15, 0.2) is 0 Å². The van der Waals surface area contributed by atoms with Crippen molar-refractivity contribution in [1.29, 1.82) is 0 Å². The van der Waals surface area contributed by atoms with E-state index >= 15 is 0 Å². The van der Waals surface area contributed by atoms with Crippen LogP contribution in [0.2, 0.25) is 0 Å². The highest BCUT2D eigenvalue weighted by molar-refractivity contribution is 5.88. The van der Waals surface area contributed by atoms with Gasteiger partial charge in [0.05, 0.1) is 12.0 Å². The maximum absolute atomic E-state index is 14.1. The first-order valence-electron chi connectivity index (χ1n) is 13.0. The van der Waals surface area contributed by atoms with E-state index in [1.165, 1.54) is 19.3 Å². The fourth-order valence-corrected chi connectivity index (χ4v) is 7.07. The van der Waals surface area contributed by atoms with Gasteiger partial charge in [-0.3, -0.25) is 9.59 Å². The fourth-order valence-electron chi connectivity index (χ4n) is 7.07. The lowest BCUT2D eigenvalue weighted by atomic mass is 9.49. The summed E-state index contributed by atoms with van der Waals surface area (Å²) in [6.07, 6.45) is 12.1. The van der Waals surface area contributed by atoms with Crippen molar-refractivity contribution in [2.45, 2.75) is 91.1 Å². The molecule has 32 heavy (non-hydrogen) atoms. The number of amides is 2. The minimum absolute atomic E-state index is 0.0954. The zero-order chi connectivity index (χ0) is 22.9. The standard InChI is InChI=1S/C27H43N3O2/c1-5-7-11-29(18-24-9-8-10-28(24)4)25(31)19-30(20(3)6-2)26(32)27-15-21-12-22(16-27)14-23(13-21)17-27/h8-10,20-23H,5-7,11-19H2,1-4H3. The minimum Gasteiger partial charge on any atom is -0.353 e. The predicted octanol–water partition coefficient (Wildman–Crippen LogP) is 5.00. The van der Waals surface area contributed by atoms with Gasteiger partial charge in [-0.05, 0) is 88.2 Å². The van der Waals surface area contributed by atoms with Gasteiger partial charge in [0, 0.05) is 31.5 Å². The molecule has 5 nitrogen and oxygen atoms in total. The van der Waals surface area contributed by atoms with E-state index in [2.05, 4.69) is 31.4 Å². The Morgan fingerprint density at radius 1 is 1.12 bits per heavy atom. The molecule has 1 heterocycles. The topological polar surface area (TPSA) is 45.6 Å². The van der Waals surface area contributed by atoms with E-state index in [-0.39, 0.29) is 29.8 Å². The van der Waals surface area contributed by atoms with Gasteiger partial charge in [-0.15, -0.1) is 0 Å². The van der Waals surface area contributed by atoms with Crippen molar-refractivity contribution in [3.8, 4) is 0 Å². The normalized spacial score (nSPS) is 29.2. The molecule has 4 bridgehead atoms. The maximum Gasteiger partial charge on any atom is 0.242 e. The van der Waals surface area contributed by atoms with Crippen LogP contribution in [0.3, 0.4) is 0 Å². The maximum atomic E-state index is 14.1. The molecule has 0 aromatic carbocycles. The van der Waals surface area contributed by atoms with Crippen molar-refractivity contribution in [3.63, 3.8) is 0 Å². The summed E-state index contributed by atoms with van der Waals surface area (Å²) in [6, 6.07) is 4.21. The Morgan fingerprint density at radius 2 is 1.75 bits per heavy atom. The Kier molecular flexibility index (Phi) is 7.02. The largest absolute Gasteiger partial charge is 0.353 e. The van der Waals surface area contributed by atoms with E-state index in [1.807, 2.05) is 29.1 Å². The molecule has 5 rings (SSSR count). The van der Waals surface area contributed by atoms with Gasteiger partial charge >= 0.3 is 0 Å². The third kappa shape index (κ3) is 4.63. The second kappa shape index (κ2) is 9.61. The van der Waals surface area contributed by atoms with Crippen molar-refractivity contribution in [1.82, 2.24) is 14.4 Å². The molecular formula is C27H43N3O2. The van der Waals surface area contributed by atoms with E-state index in [0.29, 0.717) is 6.54 Å². The van der Waals surface area contributed by atoms with Crippen LogP contribution in [0.25, 0.3) is 0 Å². The second-order valence-corrected chi connectivity index (χ2v) is 11.2. The molecule has 1 aromatic rings. The molecule has 0 aliphatic heterocycles. The monoisotopic (exact) mass is 441 g/mol. The van der Waals surface area contributed by atoms with Gasteiger partial charge in [-0.1, -0.05) is 20.3 Å². The Balaban J connectivity index is 1.51. The van der Waals surface area contributed by atoms with Crippen LogP contribution in [0.4, 0.5) is 0 Å². The average Bonchev–Trinajstić information content (AvgIpc) is 3.17. The van der Waals surface area contributed by atoms with Crippen molar-refractivity contribution in [2.24, 2.45) is 30.2 Å². The zero-order valence-electron chi connectivity index (χ0n) is 20.7. The van der Waals surface area contributed by atoms with Crippen molar-refractivity contribution >= 4 is 11.8 Å². The van der Waals surface area contributed by atoms with Crippen LogP contribution in [0.5, 0.6) is 0 Å². The molecule has 4 aliphatic rings. The van der Waals surface area contributed by atoms with Gasteiger partial charge in [0.2, 0.25) is 11.8 Å². The van der Waals surface area contributed by atoms with E-state index in [4.69, 9.17) is 0 Å². The molecule has 0 spiro atoms. The fraction of sp³-hybridized carbons (Fsp3) is 0.778. The highest BCUT2D eigenvalue weighted by Crippen LogP contribution is 2.60. The van der Waals surface area contributed by atoms with Crippen LogP contribution in [-0.2, 0) is 23.2 Å². The molecule has 0 saturated heterocycles. The lowest BCUT2D eigenvalue weighted by molar-refractivity contribution is -0.162. The van der Waals surface area contributed by atoms with Crippen LogP contribution in [-0.4, -0.2) is 45.3 Å². The molecule has 4 saturated carbocycles. The summed E-state index contributed by atoms with van der Waals surface area (Å²) in [5.41, 5.74) is 0.946. The third-order valence-electron chi connectivity index (χ3n) is 8.72. The molecule has 4 fully saturated rings. The molecule has 4 aliphatic carbocycles. The first kappa shape index (κ1) is 23.4. The zero-order valence-corrected chi connectivity index (χ0v) is 20.7. The summed E-state index contributed by atoms with van der Waals surface area (Å²) in [5, 5.41) is 0. The SMILES string of the molecule is CCCCN(Cc1cccn1C)C(=O)CN(C(=O)C12CC3CC(CC(C3)C1)C2)C(C)CC. The molecule has 1 unspecified atom stereocenters. The van der Waals surface area contributed by atoms with Gasteiger partial charge < -0.3 is 14.4 Å². The molecule has 1 atom stereocenters. The highest BCUT2D eigenvalue weighted by atomic mass is 16.2. The van der Waals surface area contributed by atoms with Crippen molar-refractivity contribution < 1.29 is 9.59 Å². The first-order valence-corrected chi connectivity index (χ1v) is 13.0. The number of hydrogen-bond donors (Lipinski definition) is 0. The molecule has 0 radical (unpaired) electrons. The number of unbranched alkanes of at least 4 members (excludes halogenated alkanes) is 1. The lowest BCUT2D eigenvalue weighted by Crippen LogP contribution is -2.57. The van der Waals surface area contributed by atoms with Gasteiger partial charge in [-0.2, -0.15) is 0 Å². The number of nitrogens with zero attached hydrogens (tertiary/aromatic N) is 3. The minimum atomic E-state index is -0.190. The summed E-state index contributed by atoms with van der Waals surface area (Å²) in [7, 11) is 2.03. The summed E-state index contributed by atoms with van der Waals surface area (Å²) >= 11 is 0. The number of rotatable bonds is 10. The second-order valence-electron chi connectivity index (χ2n) is 11.2. The van der Waals surface area contributed by atoms with Crippen LogP contribution in [0.1, 0.15) is 84.3 Å². The molecule has 2 amide bonds. The molecule has 5 heteroatoms. The quantitative estimate of drug-likeness (QED) is 0.513. The summed E-state index contributed by atoms with van der Waals surface area (Å²) in [5.74, 6) is 2.58. The highest BCUT2D eigenvalue weighted by Gasteiger charge is 2.56. The van der Waals surface area contributed by atoms with E-state index in [0.717, 1.165) is 68.5 Å². The Bertz CT molecular complexity index is 778. The summed E-state index contributed by atoms with van der Waals surface area (Å²) < 4.78 is 2.08. The Morgan fingerprint density at radius 3 is 2.25 bits per heavy atom. The summed E-state index contributed by atoms with van der Waals surface area (Å²) in [6.45, 7) is 8.01. The van der Waals surface area contributed by atoms with Crippen LogP contribution in [0, 0.1) is 23.2 Å².